The number of nitrogens with zero attached hydrogens (tertiary/aromatic N) is 1. The van der Waals surface area contributed by atoms with Crippen LogP contribution in [0.4, 0.5) is 0 Å². The van der Waals surface area contributed by atoms with Gasteiger partial charge in [-0.25, -0.2) is 4.98 Å². The predicted molar refractivity (Wildman–Crippen MR) is 101 cm³/mol. The Morgan fingerprint density at radius 2 is 1.38 bits per heavy atom. The van der Waals surface area contributed by atoms with Crippen LogP contribution in [0, 0.1) is 0 Å². The highest BCUT2D eigenvalue weighted by Gasteiger charge is 2.06. The van der Waals surface area contributed by atoms with Crippen molar-refractivity contribution in [3.8, 4) is 5.75 Å². The largest absolute Gasteiger partial charge is 0.496 e. The van der Waals surface area contributed by atoms with Crippen molar-refractivity contribution in [3.05, 3.63) is 84.1 Å². The molecule has 0 N–H and O–H groups in total. The van der Waals surface area contributed by atoms with Crippen molar-refractivity contribution in [2.45, 2.75) is 0 Å². The van der Waals surface area contributed by atoms with Gasteiger partial charge in [0.25, 0.3) is 0 Å². The summed E-state index contributed by atoms with van der Waals surface area (Å²) in [6.07, 6.45) is 4.12. The Morgan fingerprint density at radius 3 is 2.21 bits per heavy atom. The molecule has 0 radical (unpaired) electrons. The lowest BCUT2D eigenvalue weighted by atomic mass is 10.0. The van der Waals surface area contributed by atoms with E-state index < -0.39 is 0 Å². The summed E-state index contributed by atoms with van der Waals surface area (Å²) in [5.41, 5.74) is 3.02. The number of methoxy groups -OCH3 is 1. The molecular formula is C22H17NO. The van der Waals surface area contributed by atoms with Crippen molar-refractivity contribution in [3.63, 3.8) is 0 Å². The molecule has 4 aromatic rings. The SMILES string of the molecule is COc1ccccc1/C=C/c1nc2ccccc2c2ccccc12. The fraction of sp³-hybridized carbons (Fsp3) is 0.0455. The molecule has 4 rings (SSSR count). The minimum absolute atomic E-state index is 0.860. The van der Waals surface area contributed by atoms with Gasteiger partial charge in [-0.15, -0.1) is 0 Å². The standard InChI is InChI=1S/C22H17NO/c1-24-22-13-7-2-8-16(22)14-15-21-19-10-4-3-9-17(19)18-11-5-6-12-20(18)23-21/h2-15H,1H3/b15-14+. The quantitative estimate of drug-likeness (QED) is 0.462. The average Bonchev–Trinajstić information content (AvgIpc) is 2.66. The van der Waals surface area contributed by atoms with Gasteiger partial charge in [-0.05, 0) is 29.7 Å². The molecule has 3 aromatic carbocycles. The average molecular weight is 311 g/mol. The minimum Gasteiger partial charge on any atom is -0.496 e. The van der Waals surface area contributed by atoms with Crippen LogP contribution in [-0.2, 0) is 0 Å². The third kappa shape index (κ3) is 2.52. The molecular weight excluding hydrogens is 294 g/mol. The Kier molecular flexibility index (Phi) is 3.72. The molecule has 24 heavy (non-hydrogen) atoms. The van der Waals surface area contributed by atoms with E-state index in [4.69, 9.17) is 9.72 Å². The van der Waals surface area contributed by atoms with Gasteiger partial charge in [0.1, 0.15) is 5.75 Å². The zero-order chi connectivity index (χ0) is 16.4. The number of hydrogen-bond donors (Lipinski definition) is 0. The van der Waals surface area contributed by atoms with Crippen LogP contribution in [0.2, 0.25) is 0 Å². The van der Waals surface area contributed by atoms with E-state index in [9.17, 15) is 0 Å². The highest BCUT2D eigenvalue weighted by molar-refractivity contribution is 6.08. The summed E-state index contributed by atoms with van der Waals surface area (Å²) in [7, 11) is 1.69. The molecule has 116 valence electrons. The number of pyridine rings is 1. The number of benzene rings is 3. The van der Waals surface area contributed by atoms with Gasteiger partial charge in [-0.1, -0.05) is 60.7 Å². The van der Waals surface area contributed by atoms with Crippen molar-refractivity contribution < 1.29 is 4.74 Å². The van der Waals surface area contributed by atoms with Crippen molar-refractivity contribution in [2.24, 2.45) is 0 Å². The number of aromatic nitrogens is 1. The van der Waals surface area contributed by atoms with Crippen molar-refractivity contribution >= 4 is 33.8 Å². The smallest absolute Gasteiger partial charge is 0.126 e. The van der Waals surface area contributed by atoms with E-state index in [1.165, 1.54) is 10.8 Å². The summed E-state index contributed by atoms with van der Waals surface area (Å²) in [4.78, 5) is 4.85. The van der Waals surface area contributed by atoms with Gasteiger partial charge in [0, 0.05) is 16.3 Å². The number of fused-ring (bicyclic) bond motifs is 3. The Balaban J connectivity index is 1.91. The summed E-state index contributed by atoms with van der Waals surface area (Å²) in [5, 5.41) is 3.56. The van der Waals surface area contributed by atoms with Crippen molar-refractivity contribution in [2.75, 3.05) is 7.11 Å². The van der Waals surface area contributed by atoms with Gasteiger partial charge in [0.15, 0.2) is 0 Å². The van der Waals surface area contributed by atoms with Crippen LogP contribution in [0.3, 0.4) is 0 Å². The normalized spacial score (nSPS) is 11.4. The number of para-hydroxylation sites is 2. The van der Waals surface area contributed by atoms with Crippen LogP contribution >= 0.6 is 0 Å². The Labute approximate surface area is 141 Å². The first-order valence-corrected chi connectivity index (χ1v) is 7.95. The summed E-state index contributed by atoms with van der Waals surface area (Å²) in [6, 6.07) is 24.6. The van der Waals surface area contributed by atoms with E-state index in [0.29, 0.717) is 0 Å². The van der Waals surface area contributed by atoms with Gasteiger partial charge in [-0.2, -0.15) is 0 Å². The van der Waals surface area contributed by atoms with Gasteiger partial charge in [-0.3, -0.25) is 0 Å². The highest BCUT2D eigenvalue weighted by atomic mass is 16.5. The second-order valence-electron chi connectivity index (χ2n) is 5.64. The molecule has 0 unspecified atom stereocenters. The Hall–Kier alpha value is -3.13. The van der Waals surface area contributed by atoms with E-state index in [1.54, 1.807) is 7.11 Å². The number of rotatable bonds is 3. The first-order chi connectivity index (χ1) is 11.9. The maximum atomic E-state index is 5.42. The summed E-state index contributed by atoms with van der Waals surface area (Å²) < 4.78 is 5.42. The van der Waals surface area contributed by atoms with Crippen LogP contribution in [-0.4, -0.2) is 12.1 Å². The van der Waals surface area contributed by atoms with E-state index in [2.05, 4.69) is 54.6 Å². The lowest BCUT2D eigenvalue weighted by Crippen LogP contribution is -1.89. The molecule has 0 saturated carbocycles. The maximum Gasteiger partial charge on any atom is 0.126 e. The van der Waals surface area contributed by atoms with Gasteiger partial charge in [0.2, 0.25) is 0 Å². The van der Waals surface area contributed by atoms with Gasteiger partial charge < -0.3 is 4.74 Å². The topological polar surface area (TPSA) is 22.1 Å². The minimum atomic E-state index is 0.860. The van der Waals surface area contributed by atoms with E-state index in [-0.39, 0.29) is 0 Å². The summed E-state index contributed by atoms with van der Waals surface area (Å²) >= 11 is 0. The molecule has 0 spiro atoms. The molecule has 0 saturated heterocycles. The number of ether oxygens (including phenoxy) is 1. The monoisotopic (exact) mass is 311 g/mol. The molecule has 0 atom stereocenters. The molecule has 1 heterocycles. The first-order valence-electron chi connectivity index (χ1n) is 7.95. The van der Waals surface area contributed by atoms with Crippen molar-refractivity contribution in [1.82, 2.24) is 4.98 Å². The fourth-order valence-corrected chi connectivity index (χ4v) is 3.03. The molecule has 0 aliphatic rings. The van der Waals surface area contributed by atoms with Gasteiger partial charge >= 0.3 is 0 Å². The molecule has 0 aliphatic carbocycles. The van der Waals surface area contributed by atoms with Crippen LogP contribution in [0.25, 0.3) is 33.8 Å². The zero-order valence-corrected chi connectivity index (χ0v) is 13.4. The van der Waals surface area contributed by atoms with Crippen molar-refractivity contribution in [1.29, 1.82) is 0 Å². The lowest BCUT2D eigenvalue weighted by molar-refractivity contribution is 0.414. The van der Waals surface area contributed by atoms with Crippen LogP contribution in [0.1, 0.15) is 11.3 Å². The molecule has 1 aromatic heterocycles. The fourth-order valence-electron chi connectivity index (χ4n) is 3.03. The van der Waals surface area contributed by atoms with E-state index in [0.717, 1.165) is 27.9 Å². The Morgan fingerprint density at radius 1 is 0.708 bits per heavy atom. The number of hydrogen-bond acceptors (Lipinski definition) is 2. The van der Waals surface area contributed by atoms with E-state index in [1.807, 2.05) is 30.3 Å². The van der Waals surface area contributed by atoms with E-state index >= 15 is 0 Å². The Bertz CT molecular complexity index is 1050. The molecule has 0 amide bonds. The van der Waals surface area contributed by atoms with Gasteiger partial charge in [0.05, 0.1) is 18.3 Å². The lowest BCUT2D eigenvalue weighted by Gasteiger charge is -2.07. The second kappa shape index (κ2) is 6.17. The van der Waals surface area contributed by atoms with Crippen LogP contribution in [0.5, 0.6) is 5.75 Å². The summed E-state index contributed by atoms with van der Waals surface area (Å²) in [5.74, 6) is 0.860. The maximum absolute atomic E-state index is 5.42. The molecule has 2 heteroatoms. The first kappa shape index (κ1) is 14.5. The summed E-state index contributed by atoms with van der Waals surface area (Å²) in [6.45, 7) is 0. The predicted octanol–water partition coefficient (Wildman–Crippen LogP) is 5.57. The third-order valence-electron chi connectivity index (χ3n) is 4.20. The molecule has 0 bridgehead atoms. The highest BCUT2D eigenvalue weighted by Crippen LogP contribution is 2.28. The second-order valence-corrected chi connectivity index (χ2v) is 5.64. The molecule has 2 nitrogen and oxygen atoms in total. The molecule has 0 fully saturated rings. The van der Waals surface area contributed by atoms with Crippen LogP contribution in [0.15, 0.2) is 72.8 Å². The van der Waals surface area contributed by atoms with Crippen LogP contribution < -0.4 is 4.74 Å². The third-order valence-corrected chi connectivity index (χ3v) is 4.20. The molecule has 0 aliphatic heterocycles. The zero-order valence-electron chi connectivity index (χ0n) is 13.4.